The summed E-state index contributed by atoms with van der Waals surface area (Å²) < 4.78 is 50.3. The molecule has 6 rings (SSSR count). The van der Waals surface area contributed by atoms with Crippen LogP contribution in [0.2, 0.25) is 36.3 Å². The maximum atomic E-state index is 14.7. The number of carbonyl (C=O) groups excluding carboxylic acids is 2. The number of aliphatic hydroxyl groups is 1. The first-order chi connectivity index (χ1) is 25.9. The Hall–Kier alpha value is -2.98. The van der Waals surface area contributed by atoms with Gasteiger partial charge in [-0.25, -0.2) is 14.0 Å². The molecular formula is C46H71FO9Si2. The molecule has 2 aromatic carbocycles. The van der Waals surface area contributed by atoms with Crippen LogP contribution in [0.25, 0.3) is 0 Å². The van der Waals surface area contributed by atoms with E-state index in [0.717, 1.165) is 0 Å². The number of rotatable bonds is 10. The number of hydrogen-bond acceptors (Lipinski definition) is 9. The van der Waals surface area contributed by atoms with Crippen molar-refractivity contribution in [2.45, 2.75) is 166 Å². The van der Waals surface area contributed by atoms with E-state index >= 15 is 0 Å². The molecule has 9 nitrogen and oxygen atoms in total. The number of carbonyl (C=O) groups is 2. The zero-order valence-electron chi connectivity index (χ0n) is 35.0. The Bertz CT molecular complexity index is 1610. The van der Waals surface area contributed by atoms with E-state index in [9.17, 15) is 19.1 Å². The Morgan fingerprint density at radius 2 is 1.07 bits per heavy atom. The van der Waals surface area contributed by atoms with Crippen LogP contribution >= 0.6 is 0 Å². The fourth-order valence-corrected chi connectivity index (χ4v) is 9.83. The average molecular weight is 843 g/mol. The number of benzene rings is 2. The third-order valence-corrected chi connectivity index (χ3v) is 21.9. The molecule has 2 aliphatic carbocycles. The molecule has 2 spiro atoms. The summed E-state index contributed by atoms with van der Waals surface area (Å²) in [6.07, 6.45) is -0.733. The average Bonchev–Trinajstić information content (AvgIpc) is 4.01. The Morgan fingerprint density at radius 1 is 0.707 bits per heavy atom. The van der Waals surface area contributed by atoms with Gasteiger partial charge in [-0.05, 0) is 71.7 Å². The fraction of sp³-hybridized carbons (Fsp3) is 0.609. The second-order valence-corrected chi connectivity index (χ2v) is 28.3. The van der Waals surface area contributed by atoms with E-state index in [4.69, 9.17) is 27.8 Å². The highest BCUT2D eigenvalue weighted by Gasteiger charge is 2.65. The zero-order chi connectivity index (χ0) is 41.5. The molecule has 0 amide bonds. The molecule has 0 bridgehead atoms. The number of halogens is 1. The number of epoxide rings is 2. The molecule has 0 radical (unpaired) electrons. The third kappa shape index (κ3) is 10.8. The van der Waals surface area contributed by atoms with Gasteiger partial charge in [0.2, 0.25) is 0 Å². The van der Waals surface area contributed by atoms with Gasteiger partial charge in [0.1, 0.15) is 42.8 Å². The van der Waals surface area contributed by atoms with Crippen LogP contribution in [-0.2, 0) is 27.8 Å². The summed E-state index contributed by atoms with van der Waals surface area (Å²) in [5.74, 6) is -0.777. The lowest BCUT2D eigenvalue weighted by Crippen LogP contribution is -2.49. The van der Waals surface area contributed by atoms with E-state index in [1.54, 1.807) is 48.5 Å². The number of esters is 2. The van der Waals surface area contributed by atoms with Crippen molar-refractivity contribution in [3.05, 3.63) is 96.1 Å². The van der Waals surface area contributed by atoms with Crippen LogP contribution in [0.3, 0.4) is 0 Å². The minimum Gasteiger partial charge on any atom is -0.459 e. The van der Waals surface area contributed by atoms with Gasteiger partial charge < -0.3 is 32.9 Å². The van der Waals surface area contributed by atoms with Crippen molar-refractivity contribution < 1.29 is 46.9 Å². The minimum atomic E-state index is -2.02. The van der Waals surface area contributed by atoms with Crippen molar-refractivity contribution in [2.24, 2.45) is 0 Å². The first kappa shape index (κ1) is 49.4. The smallest absolute Gasteiger partial charge is 0.338 e. The van der Waals surface area contributed by atoms with Crippen LogP contribution in [0.1, 0.15) is 103 Å². The summed E-state index contributed by atoms with van der Waals surface area (Å²) in [5.41, 5.74) is 0.691. The normalized spacial score (nSPS) is 29.3. The minimum absolute atomic E-state index is 0. The van der Waals surface area contributed by atoms with E-state index in [-0.39, 0.29) is 68.5 Å². The maximum absolute atomic E-state index is 14.7. The summed E-state index contributed by atoms with van der Waals surface area (Å²) in [7, 11) is -3.98. The molecule has 2 saturated carbocycles. The summed E-state index contributed by atoms with van der Waals surface area (Å²) in [6.45, 7) is 30.1. The molecule has 12 heteroatoms. The molecule has 324 valence electrons. The van der Waals surface area contributed by atoms with Crippen LogP contribution in [-0.4, -0.2) is 94.8 Å². The molecule has 0 aromatic heterocycles. The van der Waals surface area contributed by atoms with Crippen molar-refractivity contribution in [3.63, 3.8) is 0 Å². The molecule has 58 heavy (non-hydrogen) atoms. The number of ether oxygens (including phenoxy) is 4. The Kier molecular flexibility index (Phi) is 15.6. The predicted molar refractivity (Wildman–Crippen MR) is 234 cm³/mol. The second-order valence-electron chi connectivity index (χ2n) is 18.8. The Balaban J connectivity index is 0.000000300. The van der Waals surface area contributed by atoms with E-state index in [2.05, 4.69) is 80.9 Å². The van der Waals surface area contributed by atoms with E-state index < -0.39 is 46.1 Å². The molecule has 1 N–H and O–H groups in total. The number of alkyl halides is 1. The molecule has 2 heterocycles. The highest BCUT2D eigenvalue weighted by atomic mass is 28.4. The van der Waals surface area contributed by atoms with Crippen molar-refractivity contribution in [3.8, 4) is 0 Å². The quantitative estimate of drug-likeness (QED) is 0.108. The second kappa shape index (κ2) is 18.3. The van der Waals surface area contributed by atoms with Gasteiger partial charge >= 0.3 is 11.9 Å². The first-order valence-electron chi connectivity index (χ1n) is 19.8. The van der Waals surface area contributed by atoms with Gasteiger partial charge in [-0.3, -0.25) is 0 Å². The highest BCUT2D eigenvalue weighted by Crippen LogP contribution is 2.54. The highest BCUT2D eigenvalue weighted by molar-refractivity contribution is 6.74. The summed E-state index contributed by atoms with van der Waals surface area (Å²) in [6, 6.07) is 17.7. The molecule has 7 unspecified atom stereocenters. The van der Waals surface area contributed by atoms with Gasteiger partial charge in [-0.1, -0.05) is 106 Å². The van der Waals surface area contributed by atoms with Gasteiger partial charge in [0.25, 0.3) is 0 Å². The SMILES string of the molecule is C.C.C=C1C(O)CC(O[Si](C)(C)C(C)(C)C)CC12OC2COC(=O)c1ccccc1.C=C1[C@@H](F)CC(O[Si](C)(C)C(C)(C)C)CC12OC2COC(=O)c1ccccc1. The van der Waals surface area contributed by atoms with Gasteiger partial charge in [0, 0.05) is 25.7 Å². The fourth-order valence-electron chi connectivity index (χ4n) is 7.10. The lowest BCUT2D eigenvalue weighted by atomic mass is 9.79. The van der Waals surface area contributed by atoms with Gasteiger partial charge in [0.15, 0.2) is 16.6 Å². The summed E-state index contributed by atoms with van der Waals surface area (Å²) >= 11 is 0. The van der Waals surface area contributed by atoms with Crippen molar-refractivity contribution in [2.75, 3.05) is 13.2 Å². The van der Waals surface area contributed by atoms with E-state index in [1.807, 2.05) is 12.1 Å². The third-order valence-electron chi connectivity index (χ3n) is 12.8. The van der Waals surface area contributed by atoms with Crippen molar-refractivity contribution in [1.82, 2.24) is 0 Å². The summed E-state index contributed by atoms with van der Waals surface area (Å²) in [4.78, 5) is 24.4. The van der Waals surface area contributed by atoms with Gasteiger partial charge in [-0.15, -0.1) is 0 Å². The maximum Gasteiger partial charge on any atom is 0.338 e. The monoisotopic (exact) mass is 842 g/mol. The van der Waals surface area contributed by atoms with Crippen LogP contribution in [0, 0.1) is 0 Å². The van der Waals surface area contributed by atoms with Crippen LogP contribution in [0.4, 0.5) is 4.39 Å². The van der Waals surface area contributed by atoms with Crippen LogP contribution in [0.15, 0.2) is 85.0 Å². The standard InChI is InChI=1S/C22H31FO4Si.C22H32O5Si.2CH4/c2*1-15-18(23)12-17(27-28(5,6)21(2,3)4)13-22(15)19(26-22)14-25-20(24)16-10-8-7-9-11-16;;/h7-11,17-19H,1,12-14H2,2-6H3;7-11,17-19,23H,1,12-14H2,2-6H3;2*1H4/t17?,18-,19?,22?;;;/m0.../s1. The molecule has 2 aliphatic heterocycles. The topological polar surface area (TPSA) is 116 Å². The molecule has 2 saturated heterocycles. The molecule has 8 atom stereocenters. The molecule has 2 aromatic rings. The molecular weight excluding hydrogens is 772 g/mol. The van der Waals surface area contributed by atoms with Crippen LogP contribution < -0.4 is 0 Å². The molecule has 4 fully saturated rings. The van der Waals surface area contributed by atoms with Crippen molar-refractivity contribution >= 4 is 28.6 Å². The van der Waals surface area contributed by atoms with Gasteiger partial charge in [0.05, 0.1) is 29.4 Å². The molecule has 4 aliphatic rings. The van der Waals surface area contributed by atoms with Gasteiger partial charge in [-0.2, -0.15) is 0 Å². The first-order valence-corrected chi connectivity index (χ1v) is 25.6. The Morgan fingerprint density at radius 3 is 1.45 bits per heavy atom. The lowest BCUT2D eigenvalue weighted by molar-refractivity contribution is 0.0464. The largest absolute Gasteiger partial charge is 0.459 e. The van der Waals surface area contributed by atoms with E-state index in [1.165, 1.54) is 0 Å². The zero-order valence-corrected chi connectivity index (χ0v) is 37.0. The Labute approximate surface area is 349 Å². The van der Waals surface area contributed by atoms with E-state index in [0.29, 0.717) is 48.0 Å². The number of aliphatic hydroxyl groups excluding tert-OH is 1. The number of hydrogen-bond donors (Lipinski definition) is 1. The predicted octanol–water partition coefficient (Wildman–Crippen LogP) is 10.4. The van der Waals surface area contributed by atoms with Crippen LogP contribution in [0.5, 0.6) is 0 Å². The van der Waals surface area contributed by atoms with Crippen molar-refractivity contribution in [1.29, 1.82) is 0 Å². The lowest BCUT2D eigenvalue weighted by Gasteiger charge is -2.42. The summed E-state index contributed by atoms with van der Waals surface area (Å²) in [5, 5.41) is 10.7.